The Kier molecular flexibility index (Phi) is 7.24. The fourth-order valence-corrected chi connectivity index (χ4v) is 4.66. The Morgan fingerprint density at radius 3 is 2.08 bits per heavy atom. The molecule has 186 valence electrons. The molecule has 4 aromatic carbocycles. The van der Waals surface area contributed by atoms with Crippen LogP contribution in [-0.4, -0.2) is 21.6 Å². The number of hydrogen-bond acceptors (Lipinski definition) is 4. The van der Waals surface area contributed by atoms with E-state index in [0.717, 1.165) is 33.8 Å². The van der Waals surface area contributed by atoms with Crippen molar-refractivity contribution in [1.82, 2.24) is 9.99 Å². The van der Waals surface area contributed by atoms with Crippen LogP contribution < -0.4 is 5.43 Å². The van der Waals surface area contributed by atoms with Gasteiger partial charge in [0.05, 0.1) is 28.1 Å². The van der Waals surface area contributed by atoms with E-state index in [2.05, 4.69) is 26.5 Å². The lowest BCUT2D eigenvalue weighted by Crippen LogP contribution is -2.18. The van der Waals surface area contributed by atoms with E-state index in [1.54, 1.807) is 36.5 Å². The topological polar surface area (TPSA) is 89.5 Å². The summed E-state index contributed by atoms with van der Waals surface area (Å²) in [6, 6.07) is 35.2. The summed E-state index contributed by atoms with van der Waals surface area (Å²) in [6.45, 7) is 0. The summed E-state index contributed by atoms with van der Waals surface area (Å²) in [6.07, 6.45) is 1.62. The maximum atomic E-state index is 12.7. The number of nitrogens with zero attached hydrogens (tertiary/aromatic N) is 3. The number of halogens is 1. The van der Waals surface area contributed by atoms with E-state index in [1.165, 1.54) is 12.1 Å². The van der Waals surface area contributed by atoms with Gasteiger partial charge in [-0.25, -0.2) is 5.43 Å². The molecule has 8 heteroatoms. The molecular formula is C30H21BrN4O3. The lowest BCUT2D eigenvalue weighted by atomic mass is 10.1. The highest BCUT2D eigenvalue weighted by atomic mass is 79.9. The van der Waals surface area contributed by atoms with Crippen molar-refractivity contribution >= 4 is 33.7 Å². The average molecular weight is 565 g/mol. The number of hydrazone groups is 1. The van der Waals surface area contributed by atoms with Crippen molar-refractivity contribution in [3.63, 3.8) is 0 Å². The van der Waals surface area contributed by atoms with E-state index >= 15 is 0 Å². The number of nitro groups is 1. The Hall–Kier alpha value is -4.82. The molecule has 0 saturated carbocycles. The minimum Gasteiger partial charge on any atom is -0.309 e. The highest BCUT2D eigenvalue weighted by Crippen LogP contribution is 2.35. The van der Waals surface area contributed by atoms with Gasteiger partial charge in [-0.05, 0) is 57.4 Å². The Morgan fingerprint density at radius 1 is 0.842 bits per heavy atom. The van der Waals surface area contributed by atoms with E-state index < -0.39 is 4.92 Å². The second-order valence-electron chi connectivity index (χ2n) is 8.35. The molecule has 5 aromatic rings. The van der Waals surface area contributed by atoms with Gasteiger partial charge in [0.2, 0.25) is 0 Å². The lowest BCUT2D eigenvalue weighted by Gasteiger charge is -2.15. The first-order valence-corrected chi connectivity index (χ1v) is 12.5. The summed E-state index contributed by atoms with van der Waals surface area (Å²) in [5.41, 5.74) is 8.20. The third-order valence-electron chi connectivity index (χ3n) is 5.95. The van der Waals surface area contributed by atoms with Crippen molar-refractivity contribution in [1.29, 1.82) is 0 Å². The van der Waals surface area contributed by atoms with Crippen LogP contribution >= 0.6 is 15.9 Å². The van der Waals surface area contributed by atoms with Gasteiger partial charge >= 0.3 is 0 Å². The Bertz CT molecular complexity index is 1630. The van der Waals surface area contributed by atoms with Gasteiger partial charge in [0.1, 0.15) is 0 Å². The van der Waals surface area contributed by atoms with Crippen molar-refractivity contribution in [3.05, 3.63) is 141 Å². The van der Waals surface area contributed by atoms with Crippen molar-refractivity contribution in [2.75, 3.05) is 0 Å². The van der Waals surface area contributed by atoms with Crippen LogP contribution in [0.25, 0.3) is 28.2 Å². The summed E-state index contributed by atoms with van der Waals surface area (Å²) in [7, 11) is 0. The molecule has 0 fully saturated rings. The summed E-state index contributed by atoms with van der Waals surface area (Å²) in [5, 5.41) is 15.5. The van der Waals surface area contributed by atoms with Crippen LogP contribution in [0.1, 0.15) is 15.9 Å². The Labute approximate surface area is 227 Å². The van der Waals surface area contributed by atoms with Crippen LogP contribution in [0.15, 0.2) is 125 Å². The van der Waals surface area contributed by atoms with Gasteiger partial charge in [0, 0.05) is 27.9 Å². The quantitative estimate of drug-likeness (QED) is 0.128. The average Bonchev–Trinajstić information content (AvgIpc) is 3.33. The molecule has 1 N–H and O–H groups in total. The number of carbonyl (C=O) groups is 1. The molecule has 1 heterocycles. The van der Waals surface area contributed by atoms with Crippen LogP contribution in [0.5, 0.6) is 0 Å². The molecule has 1 aromatic heterocycles. The number of carbonyl (C=O) groups excluding carboxylic acids is 1. The number of rotatable bonds is 7. The van der Waals surface area contributed by atoms with Crippen molar-refractivity contribution in [2.45, 2.75) is 0 Å². The number of non-ortho nitro benzene ring substituents is 1. The van der Waals surface area contributed by atoms with Gasteiger partial charge in [0.25, 0.3) is 11.6 Å². The molecular weight excluding hydrogens is 544 g/mol. The monoisotopic (exact) mass is 564 g/mol. The molecule has 0 aliphatic carbocycles. The molecule has 1 amide bonds. The predicted octanol–water partition coefficient (Wildman–Crippen LogP) is 7.25. The fourth-order valence-electron chi connectivity index (χ4n) is 4.20. The van der Waals surface area contributed by atoms with Crippen LogP contribution in [0, 0.1) is 10.1 Å². The molecule has 0 atom stereocenters. The molecule has 0 bridgehead atoms. The normalized spacial score (nSPS) is 11.0. The Morgan fingerprint density at radius 2 is 1.45 bits per heavy atom. The minimum absolute atomic E-state index is 0.0139. The number of nitrogens with one attached hydrogen (secondary N) is 1. The SMILES string of the molecule is O=C(N/N=C\c1cc(-c2ccccc2)n(-c2ccc([N+](=O)[O-])cc2)c1-c1ccccc1)c1ccccc1Br. The lowest BCUT2D eigenvalue weighted by molar-refractivity contribution is -0.384. The van der Waals surface area contributed by atoms with Gasteiger partial charge in [-0.15, -0.1) is 0 Å². The first-order chi connectivity index (χ1) is 18.5. The van der Waals surface area contributed by atoms with Gasteiger partial charge in [-0.3, -0.25) is 14.9 Å². The minimum atomic E-state index is -0.415. The molecule has 0 saturated heterocycles. The van der Waals surface area contributed by atoms with Crippen LogP contribution in [0.3, 0.4) is 0 Å². The molecule has 0 unspecified atom stereocenters. The fraction of sp³-hybridized carbons (Fsp3) is 0. The van der Waals surface area contributed by atoms with Gasteiger partial charge in [0.15, 0.2) is 0 Å². The zero-order chi connectivity index (χ0) is 26.5. The van der Waals surface area contributed by atoms with Crippen molar-refractivity contribution in [3.8, 4) is 28.2 Å². The second kappa shape index (κ2) is 11.1. The highest BCUT2D eigenvalue weighted by Gasteiger charge is 2.19. The molecule has 0 radical (unpaired) electrons. The zero-order valence-corrected chi connectivity index (χ0v) is 21.6. The largest absolute Gasteiger partial charge is 0.309 e. The zero-order valence-electron chi connectivity index (χ0n) is 20.0. The predicted molar refractivity (Wildman–Crippen MR) is 152 cm³/mol. The first kappa shape index (κ1) is 24.9. The van der Waals surface area contributed by atoms with E-state index in [4.69, 9.17) is 0 Å². The van der Waals surface area contributed by atoms with E-state index in [1.807, 2.05) is 77.4 Å². The summed E-state index contributed by atoms with van der Waals surface area (Å²) >= 11 is 3.40. The van der Waals surface area contributed by atoms with Crippen LogP contribution in [-0.2, 0) is 0 Å². The number of nitro benzene ring substituents is 1. The second-order valence-corrected chi connectivity index (χ2v) is 9.21. The summed E-state index contributed by atoms with van der Waals surface area (Å²) in [5.74, 6) is -0.340. The third-order valence-corrected chi connectivity index (χ3v) is 6.65. The molecule has 38 heavy (non-hydrogen) atoms. The van der Waals surface area contributed by atoms with Crippen LogP contribution in [0.2, 0.25) is 0 Å². The molecule has 0 aliphatic heterocycles. The molecule has 7 nitrogen and oxygen atoms in total. The first-order valence-electron chi connectivity index (χ1n) is 11.7. The summed E-state index contributed by atoms with van der Waals surface area (Å²) < 4.78 is 2.72. The standard InChI is InChI=1S/C30H21BrN4O3/c31-27-14-8-7-13-26(27)30(36)33-32-20-23-19-28(21-9-3-1-4-10-21)34(29(23)22-11-5-2-6-12-22)24-15-17-25(18-16-24)35(37)38/h1-20H,(H,33,36)/b32-20-. The molecule has 5 rings (SSSR count). The smallest absolute Gasteiger partial charge is 0.272 e. The van der Waals surface area contributed by atoms with Gasteiger partial charge in [-0.1, -0.05) is 72.8 Å². The highest BCUT2D eigenvalue weighted by molar-refractivity contribution is 9.10. The van der Waals surface area contributed by atoms with Crippen LogP contribution in [0.4, 0.5) is 5.69 Å². The van der Waals surface area contributed by atoms with Gasteiger partial charge in [-0.2, -0.15) is 5.10 Å². The summed E-state index contributed by atoms with van der Waals surface area (Å²) in [4.78, 5) is 23.6. The van der Waals surface area contributed by atoms with E-state index in [9.17, 15) is 14.9 Å². The number of hydrogen-bond donors (Lipinski definition) is 1. The third kappa shape index (κ3) is 5.16. The van der Waals surface area contributed by atoms with Gasteiger partial charge < -0.3 is 4.57 Å². The molecule has 0 aliphatic rings. The van der Waals surface area contributed by atoms with Crippen molar-refractivity contribution < 1.29 is 9.72 Å². The number of benzene rings is 4. The van der Waals surface area contributed by atoms with E-state index in [0.29, 0.717) is 10.0 Å². The Balaban J connectivity index is 1.65. The number of amides is 1. The maximum absolute atomic E-state index is 12.7. The van der Waals surface area contributed by atoms with Crippen molar-refractivity contribution in [2.24, 2.45) is 5.10 Å². The number of aromatic nitrogens is 1. The molecule has 0 spiro atoms. The van der Waals surface area contributed by atoms with E-state index in [-0.39, 0.29) is 11.6 Å². The maximum Gasteiger partial charge on any atom is 0.272 e.